The van der Waals surface area contributed by atoms with E-state index in [-0.39, 0.29) is 0 Å². The molecular weight excluding hydrogens is 234 g/mol. The minimum atomic E-state index is 0.771. The number of aromatic nitrogens is 1. The molecule has 0 fully saturated rings. The molecule has 0 amide bonds. The molecule has 0 atom stereocenters. The zero-order valence-corrected chi connectivity index (χ0v) is 10.7. The van der Waals surface area contributed by atoms with Crippen LogP contribution in [-0.2, 0) is 0 Å². The van der Waals surface area contributed by atoms with Gasteiger partial charge in [-0.2, -0.15) is 0 Å². The maximum Gasteiger partial charge on any atom is 0.0481 e. The summed E-state index contributed by atoms with van der Waals surface area (Å²) in [6.45, 7) is 2.08. The summed E-state index contributed by atoms with van der Waals surface area (Å²) in [7, 11) is 0. The number of hydrogen-bond donors (Lipinski definition) is 2. The quantitative estimate of drug-likeness (QED) is 0.678. The summed E-state index contributed by atoms with van der Waals surface area (Å²) < 4.78 is 0. The maximum atomic E-state index is 5.99. The zero-order chi connectivity index (χ0) is 13.2. The third-order valence-electron chi connectivity index (χ3n) is 3.27. The van der Waals surface area contributed by atoms with Gasteiger partial charge in [0, 0.05) is 40.2 Å². The normalized spacial score (nSPS) is 10.6. The van der Waals surface area contributed by atoms with Crippen molar-refractivity contribution in [3.63, 3.8) is 0 Å². The Morgan fingerprint density at radius 3 is 2.63 bits per heavy atom. The lowest BCUT2D eigenvalue weighted by molar-refractivity contribution is 1.36. The van der Waals surface area contributed by atoms with Gasteiger partial charge in [-0.25, -0.2) is 0 Å². The smallest absolute Gasteiger partial charge is 0.0481 e. The Balaban J connectivity index is 2.12. The van der Waals surface area contributed by atoms with Crippen molar-refractivity contribution < 1.29 is 0 Å². The van der Waals surface area contributed by atoms with E-state index in [2.05, 4.69) is 29.4 Å². The molecule has 0 radical (unpaired) electrons. The number of rotatable bonds is 2. The minimum Gasteiger partial charge on any atom is -0.398 e. The van der Waals surface area contributed by atoms with Crippen LogP contribution in [0.5, 0.6) is 0 Å². The number of hydrogen-bond acceptors (Lipinski definition) is 3. The summed E-state index contributed by atoms with van der Waals surface area (Å²) in [6.07, 6.45) is 3.60. The molecule has 0 bridgehead atoms. The van der Waals surface area contributed by atoms with Gasteiger partial charge in [0.25, 0.3) is 0 Å². The van der Waals surface area contributed by atoms with Crippen molar-refractivity contribution in [1.82, 2.24) is 4.98 Å². The van der Waals surface area contributed by atoms with Gasteiger partial charge < -0.3 is 11.1 Å². The van der Waals surface area contributed by atoms with Crippen LogP contribution in [0.15, 0.2) is 54.9 Å². The fourth-order valence-electron chi connectivity index (χ4n) is 2.18. The predicted octanol–water partition coefficient (Wildman–Crippen LogP) is 3.87. The van der Waals surface area contributed by atoms with Gasteiger partial charge in [-0.3, -0.25) is 4.98 Å². The number of anilines is 3. The van der Waals surface area contributed by atoms with Crippen molar-refractivity contribution in [3.05, 3.63) is 60.4 Å². The molecule has 0 spiro atoms. The maximum absolute atomic E-state index is 5.99. The van der Waals surface area contributed by atoms with Crippen LogP contribution in [0.4, 0.5) is 17.1 Å². The van der Waals surface area contributed by atoms with Gasteiger partial charge in [0.2, 0.25) is 0 Å². The van der Waals surface area contributed by atoms with E-state index >= 15 is 0 Å². The van der Waals surface area contributed by atoms with Crippen molar-refractivity contribution in [3.8, 4) is 0 Å². The lowest BCUT2D eigenvalue weighted by atomic mass is 10.1. The molecule has 3 heteroatoms. The molecule has 0 saturated carbocycles. The van der Waals surface area contributed by atoms with Crippen LogP contribution in [0.3, 0.4) is 0 Å². The number of pyridine rings is 1. The van der Waals surface area contributed by atoms with Crippen LogP contribution in [0.2, 0.25) is 0 Å². The SMILES string of the molecule is Cc1ccccc1Nc1ccc(N)c2ccncc12. The number of nitrogens with zero attached hydrogens (tertiary/aromatic N) is 1. The van der Waals surface area contributed by atoms with E-state index in [1.807, 2.05) is 36.5 Å². The van der Waals surface area contributed by atoms with E-state index in [0.717, 1.165) is 27.8 Å². The van der Waals surface area contributed by atoms with E-state index in [1.165, 1.54) is 5.56 Å². The standard InChI is InChI=1S/C16H15N3/c1-11-4-2-3-5-15(11)19-16-7-6-14(17)12-8-9-18-10-13(12)16/h2-10,19H,17H2,1H3. The molecule has 0 unspecified atom stereocenters. The van der Waals surface area contributed by atoms with Crippen LogP contribution in [0, 0.1) is 6.92 Å². The molecular formula is C16H15N3. The van der Waals surface area contributed by atoms with Crippen molar-refractivity contribution in [2.24, 2.45) is 0 Å². The number of nitrogens with one attached hydrogen (secondary N) is 1. The summed E-state index contributed by atoms with van der Waals surface area (Å²) >= 11 is 0. The number of fused-ring (bicyclic) bond motifs is 1. The zero-order valence-electron chi connectivity index (χ0n) is 10.7. The average molecular weight is 249 g/mol. The lowest BCUT2D eigenvalue weighted by Gasteiger charge is -2.12. The summed E-state index contributed by atoms with van der Waals surface area (Å²) in [5.74, 6) is 0. The molecule has 94 valence electrons. The highest BCUT2D eigenvalue weighted by Crippen LogP contribution is 2.30. The number of nitrogen functional groups attached to an aromatic ring is 1. The summed E-state index contributed by atoms with van der Waals surface area (Å²) in [5, 5.41) is 5.50. The van der Waals surface area contributed by atoms with Crippen LogP contribution in [0.25, 0.3) is 10.8 Å². The van der Waals surface area contributed by atoms with Crippen molar-refractivity contribution in [2.75, 3.05) is 11.1 Å². The molecule has 0 aliphatic heterocycles. The Kier molecular flexibility index (Phi) is 2.80. The first kappa shape index (κ1) is 11.5. The van der Waals surface area contributed by atoms with E-state index in [9.17, 15) is 0 Å². The van der Waals surface area contributed by atoms with Crippen LogP contribution in [-0.4, -0.2) is 4.98 Å². The summed E-state index contributed by atoms with van der Waals surface area (Å²) in [4.78, 5) is 4.18. The molecule has 2 aromatic carbocycles. The molecule has 3 nitrogen and oxygen atoms in total. The fourth-order valence-corrected chi connectivity index (χ4v) is 2.18. The molecule has 3 rings (SSSR count). The number of nitrogens with two attached hydrogens (primary N) is 1. The van der Waals surface area contributed by atoms with Gasteiger partial charge >= 0.3 is 0 Å². The average Bonchev–Trinajstić information content (AvgIpc) is 2.44. The van der Waals surface area contributed by atoms with E-state index < -0.39 is 0 Å². The van der Waals surface area contributed by atoms with E-state index in [4.69, 9.17) is 5.73 Å². The van der Waals surface area contributed by atoms with Crippen molar-refractivity contribution >= 4 is 27.8 Å². The Morgan fingerprint density at radius 1 is 0.947 bits per heavy atom. The van der Waals surface area contributed by atoms with Gasteiger partial charge in [0.05, 0.1) is 0 Å². The first-order valence-electron chi connectivity index (χ1n) is 6.20. The fraction of sp³-hybridized carbons (Fsp3) is 0.0625. The van der Waals surface area contributed by atoms with Gasteiger partial charge in [0.15, 0.2) is 0 Å². The molecule has 1 heterocycles. The molecule has 1 aromatic heterocycles. The van der Waals surface area contributed by atoms with Crippen LogP contribution >= 0.6 is 0 Å². The van der Waals surface area contributed by atoms with Crippen molar-refractivity contribution in [2.45, 2.75) is 6.92 Å². The Labute approximate surface area is 112 Å². The van der Waals surface area contributed by atoms with Gasteiger partial charge in [-0.1, -0.05) is 18.2 Å². The second-order valence-corrected chi connectivity index (χ2v) is 4.56. The Morgan fingerprint density at radius 2 is 1.79 bits per heavy atom. The number of para-hydroxylation sites is 1. The topological polar surface area (TPSA) is 50.9 Å². The van der Waals surface area contributed by atoms with Crippen LogP contribution in [0.1, 0.15) is 5.56 Å². The highest BCUT2D eigenvalue weighted by atomic mass is 14.9. The molecule has 3 aromatic rings. The van der Waals surface area contributed by atoms with Crippen LogP contribution < -0.4 is 11.1 Å². The van der Waals surface area contributed by atoms with E-state index in [1.54, 1.807) is 6.20 Å². The van der Waals surface area contributed by atoms with Gasteiger partial charge in [0.1, 0.15) is 0 Å². The van der Waals surface area contributed by atoms with Gasteiger partial charge in [-0.15, -0.1) is 0 Å². The minimum absolute atomic E-state index is 0.771. The molecule has 19 heavy (non-hydrogen) atoms. The van der Waals surface area contributed by atoms with Crippen molar-refractivity contribution in [1.29, 1.82) is 0 Å². The lowest BCUT2D eigenvalue weighted by Crippen LogP contribution is -1.96. The molecule has 0 aliphatic rings. The predicted molar refractivity (Wildman–Crippen MR) is 80.6 cm³/mol. The third kappa shape index (κ3) is 2.10. The highest BCUT2D eigenvalue weighted by Gasteiger charge is 2.05. The monoisotopic (exact) mass is 249 g/mol. The molecule has 0 aliphatic carbocycles. The second kappa shape index (κ2) is 4.61. The Hall–Kier alpha value is -2.55. The largest absolute Gasteiger partial charge is 0.398 e. The summed E-state index contributed by atoms with van der Waals surface area (Å²) in [6, 6.07) is 14.0. The third-order valence-corrected chi connectivity index (χ3v) is 3.27. The first-order valence-corrected chi connectivity index (χ1v) is 6.20. The van der Waals surface area contributed by atoms with Gasteiger partial charge in [-0.05, 0) is 36.8 Å². The second-order valence-electron chi connectivity index (χ2n) is 4.56. The summed E-state index contributed by atoms with van der Waals surface area (Å²) in [5.41, 5.74) is 10.1. The highest BCUT2D eigenvalue weighted by molar-refractivity contribution is 6.01. The van der Waals surface area contributed by atoms with E-state index in [0.29, 0.717) is 0 Å². The molecule has 3 N–H and O–H groups in total. The number of aryl methyl sites for hydroxylation is 1. The number of benzene rings is 2. The molecule has 0 saturated heterocycles. The first-order chi connectivity index (χ1) is 9.25. The Bertz CT molecular complexity index is 735.